The van der Waals surface area contributed by atoms with Crippen molar-refractivity contribution in [3.63, 3.8) is 0 Å². The average Bonchev–Trinajstić information content (AvgIpc) is 2.25. The number of nitriles is 1. The molecule has 0 unspecified atom stereocenters. The van der Waals surface area contributed by atoms with Crippen LogP contribution in [0.4, 0.5) is 0 Å². The molecule has 1 aliphatic carbocycles. The number of benzene rings is 1. The van der Waals surface area contributed by atoms with E-state index in [0.717, 1.165) is 6.08 Å². The summed E-state index contributed by atoms with van der Waals surface area (Å²) in [5.74, 6) is -1.61. The standard InChI is InChI=1S/C11H5NO3/c12-5-6-1-2-7-8(3-6)9(13)4-10(14)11(7)15/h1-4,14H. The minimum absolute atomic E-state index is 0.138. The number of carbonyl (C=O) groups is 2. The maximum Gasteiger partial charge on any atom is 0.228 e. The molecule has 0 aliphatic heterocycles. The van der Waals surface area contributed by atoms with E-state index in [1.807, 2.05) is 6.07 Å². The first-order chi connectivity index (χ1) is 7.13. The van der Waals surface area contributed by atoms with Crippen LogP contribution in [-0.2, 0) is 0 Å². The van der Waals surface area contributed by atoms with Crippen LogP contribution in [0.5, 0.6) is 0 Å². The molecule has 0 radical (unpaired) electrons. The number of hydrogen-bond acceptors (Lipinski definition) is 4. The summed E-state index contributed by atoms with van der Waals surface area (Å²) < 4.78 is 0. The van der Waals surface area contributed by atoms with Crippen LogP contribution in [0.3, 0.4) is 0 Å². The van der Waals surface area contributed by atoms with Crippen LogP contribution in [0.2, 0.25) is 0 Å². The fourth-order valence-electron chi connectivity index (χ4n) is 1.42. The Morgan fingerprint density at radius 2 is 1.93 bits per heavy atom. The Hall–Kier alpha value is -2.41. The van der Waals surface area contributed by atoms with Crippen LogP contribution >= 0.6 is 0 Å². The van der Waals surface area contributed by atoms with E-state index in [2.05, 4.69) is 0 Å². The van der Waals surface area contributed by atoms with E-state index in [1.54, 1.807) is 0 Å². The number of aliphatic hydroxyl groups excluding tert-OH is 1. The van der Waals surface area contributed by atoms with Gasteiger partial charge in [0.15, 0.2) is 11.5 Å². The van der Waals surface area contributed by atoms with Gasteiger partial charge in [-0.3, -0.25) is 9.59 Å². The first kappa shape index (κ1) is 9.16. The van der Waals surface area contributed by atoms with Crippen molar-refractivity contribution in [1.82, 2.24) is 0 Å². The van der Waals surface area contributed by atoms with Crippen molar-refractivity contribution >= 4 is 11.6 Å². The van der Waals surface area contributed by atoms with E-state index >= 15 is 0 Å². The van der Waals surface area contributed by atoms with Gasteiger partial charge in [0, 0.05) is 17.2 Å². The molecule has 2 rings (SSSR count). The zero-order valence-corrected chi connectivity index (χ0v) is 7.52. The van der Waals surface area contributed by atoms with Gasteiger partial charge in [-0.2, -0.15) is 5.26 Å². The molecule has 0 amide bonds. The molecule has 4 nitrogen and oxygen atoms in total. The molecule has 0 bridgehead atoms. The number of hydrogen-bond donors (Lipinski definition) is 1. The van der Waals surface area contributed by atoms with Crippen molar-refractivity contribution < 1.29 is 14.7 Å². The zero-order valence-electron chi connectivity index (χ0n) is 7.52. The van der Waals surface area contributed by atoms with E-state index in [-0.39, 0.29) is 11.1 Å². The van der Waals surface area contributed by atoms with Gasteiger partial charge in [-0.15, -0.1) is 0 Å². The Kier molecular flexibility index (Phi) is 1.87. The van der Waals surface area contributed by atoms with Crippen molar-refractivity contribution in [3.8, 4) is 6.07 Å². The lowest BCUT2D eigenvalue weighted by atomic mass is 9.92. The number of carbonyl (C=O) groups excluding carboxylic acids is 2. The highest BCUT2D eigenvalue weighted by Gasteiger charge is 2.25. The van der Waals surface area contributed by atoms with Gasteiger partial charge in [-0.1, -0.05) is 0 Å². The second-order valence-corrected chi connectivity index (χ2v) is 3.10. The molecular formula is C11H5NO3. The van der Waals surface area contributed by atoms with Crippen LogP contribution in [0, 0.1) is 11.3 Å². The van der Waals surface area contributed by atoms with Crippen molar-refractivity contribution in [1.29, 1.82) is 5.26 Å². The van der Waals surface area contributed by atoms with Crippen LogP contribution in [0.15, 0.2) is 30.0 Å². The summed E-state index contributed by atoms with van der Waals surface area (Å²) in [5.41, 5.74) is 0.612. The van der Waals surface area contributed by atoms with Crippen molar-refractivity contribution in [2.75, 3.05) is 0 Å². The smallest absolute Gasteiger partial charge is 0.228 e. The van der Waals surface area contributed by atoms with Crippen molar-refractivity contribution in [3.05, 3.63) is 46.7 Å². The van der Waals surface area contributed by atoms with Gasteiger partial charge < -0.3 is 5.11 Å². The van der Waals surface area contributed by atoms with Gasteiger partial charge in [0.2, 0.25) is 5.78 Å². The molecule has 0 atom stereocenters. The Morgan fingerprint density at radius 3 is 2.60 bits per heavy atom. The first-order valence-corrected chi connectivity index (χ1v) is 4.17. The number of nitrogens with zero attached hydrogens (tertiary/aromatic N) is 1. The lowest BCUT2D eigenvalue weighted by Gasteiger charge is -2.10. The van der Waals surface area contributed by atoms with Crippen molar-refractivity contribution in [2.45, 2.75) is 0 Å². The summed E-state index contributed by atoms with van der Waals surface area (Å²) in [5, 5.41) is 17.8. The number of allylic oxidation sites excluding steroid dienone is 2. The molecule has 72 valence electrons. The van der Waals surface area contributed by atoms with Gasteiger partial charge in [0.1, 0.15) is 0 Å². The SMILES string of the molecule is N#Cc1ccc2c(c1)C(=O)C=C(O)C2=O. The Morgan fingerprint density at radius 1 is 1.20 bits per heavy atom. The summed E-state index contributed by atoms with van der Waals surface area (Å²) in [6.45, 7) is 0. The molecular weight excluding hydrogens is 194 g/mol. The second-order valence-electron chi connectivity index (χ2n) is 3.10. The molecule has 0 spiro atoms. The fraction of sp³-hybridized carbons (Fsp3) is 0. The number of aliphatic hydroxyl groups is 1. The number of rotatable bonds is 0. The predicted molar refractivity (Wildman–Crippen MR) is 50.5 cm³/mol. The molecule has 1 aromatic rings. The quantitative estimate of drug-likeness (QED) is 0.684. The minimum atomic E-state index is -0.589. The highest BCUT2D eigenvalue weighted by Crippen LogP contribution is 2.20. The van der Waals surface area contributed by atoms with E-state index in [1.165, 1.54) is 18.2 Å². The third-order valence-corrected chi connectivity index (χ3v) is 2.16. The largest absolute Gasteiger partial charge is 0.504 e. The summed E-state index contributed by atoms with van der Waals surface area (Å²) in [7, 11) is 0. The number of Topliss-reactive ketones (excluding diaryl/α,β-unsaturated/α-hetero) is 1. The van der Waals surface area contributed by atoms with E-state index in [4.69, 9.17) is 10.4 Å². The van der Waals surface area contributed by atoms with Gasteiger partial charge in [0.25, 0.3) is 0 Å². The second kappa shape index (κ2) is 3.07. The number of ketones is 2. The highest BCUT2D eigenvalue weighted by molar-refractivity contribution is 6.23. The van der Waals surface area contributed by atoms with Gasteiger partial charge in [-0.05, 0) is 18.2 Å². The number of fused-ring (bicyclic) bond motifs is 1. The Bertz CT molecular complexity index is 549. The molecule has 4 heteroatoms. The monoisotopic (exact) mass is 199 g/mol. The summed E-state index contributed by atoms with van der Waals surface area (Å²) in [6.07, 6.45) is 0.867. The van der Waals surface area contributed by atoms with Gasteiger partial charge in [0.05, 0.1) is 11.6 Å². The molecule has 1 aliphatic rings. The van der Waals surface area contributed by atoms with Gasteiger partial charge in [-0.25, -0.2) is 0 Å². The van der Waals surface area contributed by atoms with Crippen LogP contribution in [0.1, 0.15) is 26.3 Å². The first-order valence-electron chi connectivity index (χ1n) is 4.17. The highest BCUT2D eigenvalue weighted by atomic mass is 16.3. The summed E-state index contributed by atoms with van der Waals surface area (Å²) in [4.78, 5) is 22.8. The summed E-state index contributed by atoms with van der Waals surface area (Å²) in [6, 6.07) is 6.03. The minimum Gasteiger partial charge on any atom is -0.504 e. The lowest BCUT2D eigenvalue weighted by Crippen LogP contribution is -2.16. The molecule has 0 fully saturated rings. The Labute approximate surface area is 85.1 Å². The lowest BCUT2D eigenvalue weighted by molar-refractivity contribution is 0.0939. The van der Waals surface area contributed by atoms with Crippen LogP contribution < -0.4 is 0 Å². The Balaban J connectivity index is 2.68. The normalized spacial score (nSPS) is 14.2. The molecule has 15 heavy (non-hydrogen) atoms. The zero-order chi connectivity index (χ0) is 11.0. The van der Waals surface area contributed by atoms with Crippen LogP contribution in [-0.4, -0.2) is 16.7 Å². The molecule has 1 aromatic carbocycles. The van der Waals surface area contributed by atoms with Crippen molar-refractivity contribution in [2.24, 2.45) is 0 Å². The third-order valence-electron chi connectivity index (χ3n) is 2.16. The molecule has 0 saturated heterocycles. The fourth-order valence-corrected chi connectivity index (χ4v) is 1.42. The topological polar surface area (TPSA) is 78.2 Å². The molecule has 1 N–H and O–H groups in total. The van der Waals surface area contributed by atoms with Gasteiger partial charge >= 0.3 is 0 Å². The van der Waals surface area contributed by atoms with E-state index in [0.29, 0.717) is 5.56 Å². The third kappa shape index (κ3) is 1.30. The maximum absolute atomic E-state index is 11.4. The van der Waals surface area contributed by atoms with E-state index < -0.39 is 17.3 Å². The molecule has 0 aromatic heterocycles. The van der Waals surface area contributed by atoms with Crippen LogP contribution in [0.25, 0.3) is 0 Å². The molecule has 0 saturated carbocycles. The average molecular weight is 199 g/mol. The molecule has 0 heterocycles. The maximum atomic E-state index is 11.4. The summed E-state index contributed by atoms with van der Waals surface area (Å²) >= 11 is 0. The van der Waals surface area contributed by atoms with E-state index in [9.17, 15) is 9.59 Å². The predicted octanol–water partition coefficient (Wildman–Crippen LogP) is 1.38.